The highest BCUT2D eigenvalue weighted by Crippen LogP contribution is 2.34. The Labute approximate surface area is 137 Å². The average Bonchev–Trinajstić information content (AvgIpc) is 2.69. The van der Waals surface area contributed by atoms with Crippen molar-refractivity contribution in [2.24, 2.45) is 4.99 Å². The maximum absolute atomic E-state index is 11.9. The second-order valence-corrected chi connectivity index (χ2v) is 6.85. The summed E-state index contributed by atoms with van der Waals surface area (Å²) in [4.78, 5) is 18.0. The number of nitrogens with one attached hydrogen (secondary N) is 1. The Morgan fingerprint density at radius 1 is 1.32 bits per heavy atom. The summed E-state index contributed by atoms with van der Waals surface area (Å²) >= 11 is 10.2. The molecular formula is C12H12Br3N3O. The first-order valence-corrected chi connectivity index (χ1v) is 8.09. The van der Waals surface area contributed by atoms with Gasteiger partial charge in [0.2, 0.25) is 0 Å². The van der Waals surface area contributed by atoms with Gasteiger partial charge in [0.05, 0.1) is 5.69 Å². The number of hydrogen-bond donors (Lipinski definition) is 1. The number of urea groups is 1. The van der Waals surface area contributed by atoms with Crippen molar-refractivity contribution in [2.75, 3.05) is 18.9 Å². The van der Waals surface area contributed by atoms with Crippen molar-refractivity contribution < 1.29 is 4.79 Å². The molecule has 0 aliphatic carbocycles. The molecule has 1 aliphatic rings. The van der Waals surface area contributed by atoms with Crippen LogP contribution in [0.15, 0.2) is 30.5 Å². The molecule has 0 aromatic heterocycles. The van der Waals surface area contributed by atoms with Gasteiger partial charge < -0.3 is 10.2 Å². The molecule has 0 radical (unpaired) electrons. The van der Waals surface area contributed by atoms with Gasteiger partial charge in [0.15, 0.2) is 0 Å². The fourth-order valence-electron chi connectivity index (χ4n) is 1.85. The van der Waals surface area contributed by atoms with E-state index in [1.807, 2.05) is 24.1 Å². The summed E-state index contributed by atoms with van der Waals surface area (Å²) in [6.07, 6.45) is 1.90. The van der Waals surface area contributed by atoms with Gasteiger partial charge in [-0.1, -0.05) is 15.9 Å². The summed E-state index contributed by atoms with van der Waals surface area (Å²) in [5, 5.41) is 2.79. The molecule has 19 heavy (non-hydrogen) atoms. The molecule has 1 aliphatic heterocycles. The number of halogens is 3. The lowest BCUT2D eigenvalue weighted by Crippen LogP contribution is -2.21. The zero-order chi connectivity index (χ0) is 14.0. The number of amides is 2. The number of benzene rings is 1. The number of hydrogen-bond acceptors (Lipinski definition) is 1. The summed E-state index contributed by atoms with van der Waals surface area (Å²) in [6, 6.07) is 3.39. The lowest BCUT2D eigenvalue weighted by molar-refractivity contribution is 0.259. The van der Waals surface area contributed by atoms with E-state index in [0.29, 0.717) is 5.69 Å². The summed E-state index contributed by atoms with van der Waals surface area (Å²) in [5.74, 6) is 0.835. The first-order chi connectivity index (χ1) is 8.97. The minimum Gasteiger partial charge on any atom is -0.363 e. The summed E-state index contributed by atoms with van der Waals surface area (Å²) in [5.41, 5.74) is 0.679. The summed E-state index contributed by atoms with van der Waals surface area (Å²) in [6.45, 7) is 0.956. The quantitative estimate of drug-likeness (QED) is 0.673. The van der Waals surface area contributed by atoms with Crippen molar-refractivity contribution in [1.29, 1.82) is 0 Å². The van der Waals surface area contributed by atoms with Crippen LogP contribution in [0.1, 0.15) is 12.8 Å². The molecular weight excluding hydrogens is 442 g/mol. The van der Waals surface area contributed by atoms with Crippen LogP contribution in [-0.2, 0) is 0 Å². The van der Waals surface area contributed by atoms with Crippen LogP contribution in [0, 0.1) is 0 Å². The van der Waals surface area contributed by atoms with E-state index in [2.05, 4.69) is 58.1 Å². The second kappa shape index (κ2) is 6.37. The number of likely N-dealkylation sites (tertiary alicyclic amines) is 1. The van der Waals surface area contributed by atoms with Crippen molar-refractivity contribution in [1.82, 2.24) is 4.90 Å². The smallest absolute Gasteiger partial charge is 0.347 e. The Hall–Kier alpha value is -0.400. The van der Waals surface area contributed by atoms with Crippen LogP contribution in [0.5, 0.6) is 0 Å². The van der Waals surface area contributed by atoms with Gasteiger partial charge in [-0.3, -0.25) is 0 Å². The molecule has 1 saturated heterocycles. The Morgan fingerprint density at radius 2 is 1.95 bits per heavy atom. The highest BCUT2D eigenvalue weighted by atomic mass is 79.9. The van der Waals surface area contributed by atoms with Crippen LogP contribution in [0.2, 0.25) is 0 Å². The molecule has 0 spiro atoms. The predicted octanol–water partition coefficient (Wildman–Crippen LogP) is 4.63. The van der Waals surface area contributed by atoms with Gasteiger partial charge >= 0.3 is 6.03 Å². The van der Waals surface area contributed by atoms with Crippen LogP contribution in [-0.4, -0.2) is 30.4 Å². The zero-order valence-electron chi connectivity index (χ0n) is 10.2. The van der Waals surface area contributed by atoms with E-state index in [0.717, 1.165) is 38.6 Å². The lowest BCUT2D eigenvalue weighted by Gasteiger charge is -2.12. The van der Waals surface area contributed by atoms with Gasteiger partial charge in [-0.25, -0.2) is 4.79 Å². The fraction of sp³-hybridized carbons (Fsp3) is 0.333. The molecule has 0 bridgehead atoms. The highest BCUT2D eigenvalue weighted by Gasteiger charge is 2.16. The standard InChI is InChI=1S/C12H12Br3N3O/c1-18-4-2-3-10(18)16-12(19)17-11-8(14)5-7(13)6-9(11)15/h5-6H,2-4H2,1H3,(H,17,19). The van der Waals surface area contributed by atoms with E-state index < -0.39 is 0 Å². The molecule has 1 aromatic carbocycles. The normalized spacial score (nSPS) is 17.1. The van der Waals surface area contributed by atoms with E-state index >= 15 is 0 Å². The summed E-state index contributed by atoms with van der Waals surface area (Å²) < 4.78 is 2.51. The molecule has 0 atom stereocenters. The maximum Gasteiger partial charge on any atom is 0.347 e. The van der Waals surface area contributed by atoms with Crippen LogP contribution in [0.4, 0.5) is 10.5 Å². The number of carbonyl (C=O) groups is 1. The van der Waals surface area contributed by atoms with Gasteiger partial charge in [0.25, 0.3) is 0 Å². The Morgan fingerprint density at radius 3 is 2.47 bits per heavy atom. The van der Waals surface area contributed by atoms with Crippen molar-refractivity contribution in [2.45, 2.75) is 12.8 Å². The Balaban J connectivity index is 2.16. The summed E-state index contributed by atoms with van der Waals surface area (Å²) in [7, 11) is 1.95. The third-order valence-corrected chi connectivity index (χ3v) is 4.51. The molecule has 0 unspecified atom stereocenters. The third kappa shape index (κ3) is 3.79. The van der Waals surface area contributed by atoms with Crippen LogP contribution >= 0.6 is 47.8 Å². The minimum absolute atomic E-state index is 0.354. The number of aliphatic imine (C=N–C) groups is 1. The number of carbonyl (C=O) groups excluding carboxylic acids is 1. The van der Waals surface area contributed by atoms with Crippen molar-refractivity contribution in [3.05, 3.63) is 25.6 Å². The predicted molar refractivity (Wildman–Crippen MR) is 87.9 cm³/mol. The van der Waals surface area contributed by atoms with Gasteiger partial charge in [-0.15, -0.1) is 0 Å². The van der Waals surface area contributed by atoms with Crippen LogP contribution in [0.25, 0.3) is 0 Å². The van der Waals surface area contributed by atoms with Crippen LogP contribution < -0.4 is 5.32 Å². The third-order valence-electron chi connectivity index (χ3n) is 2.80. The van der Waals surface area contributed by atoms with Gasteiger partial charge in [-0.05, 0) is 50.4 Å². The highest BCUT2D eigenvalue weighted by molar-refractivity contribution is 9.11. The van der Waals surface area contributed by atoms with Crippen molar-refractivity contribution >= 4 is 65.3 Å². The number of amidine groups is 1. The molecule has 2 amide bonds. The van der Waals surface area contributed by atoms with Gasteiger partial charge in [-0.2, -0.15) is 4.99 Å². The van der Waals surface area contributed by atoms with Crippen molar-refractivity contribution in [3.63, 3.8) is 0 Å². The van der Waals surface area contributed by atoms with Crippen LogP contribution in [0.3, 0.4) is 0 Å². The van der Waals surface area contributed by atoms with E-state index in [1.54, 1.807) is 0 Å². The van der Waals surface area contributed by atoms with E-state index in [-0.39, 0.29) is 6.03 Å². The maximum atomic E-state index is 11.9. The molecule has 7 heteroatoms. The number of rotatable bonds is 1. The van der Waals surface area contributed by atoms with E-state index in [1.165, 1.54) is 0 Å². The number of anilines is 1. The molecule has 1 fully saturated rings. The average molecular weight is 454 g/mol. The molecule has 1 heterocycles. The minimum atomic E-state index is -0.354. The lowest BCUT2D eigenvalue weighted by atomic mass is 10.3. The first-order valence-electron chi connectivity index (χ1n) is 5.71. The SMILES string of the molecule is CN1CCCC1=NC(=O)Nc1c(Br)cc(Br)cc1Br. The van der Waals surface area contributed by atoms with E-state index in [4.69, 9.17) is 0 Å². The van der Waals surface area contributed by atoms with E-state index in [9.17, 15) is 4.79 Å². The monoisotopic (exact) mass is 451 g/mol. The van der Waals surface area contributed by atoms with Gasteiger partial charge in [0, 0.05) is 33.4 Å². The van der Waals surface area contributed by atoms with Crippen molar-refractivity contribution in [3.8, 4) is 0 Å². The molecule has 102 valence electrons. The first kappa shape index (κ1) is 15.0. The Kier molecular flexibility index (Phi) is 5.03. The molecule has 2 rings (SSSR count). The fourth-order valence-corrected chi connectivity index (χ4v) is 4.31. The molecule has 0 saturated carbocycles. The zero-order valence-corrected chi connectivity index (χ0v) is 15.0. The molecule has 1 N–H and O–H groups in total. The molecule has 1 aromatic rings. The molecule has 4 nitrogen and oxygen atoms in total. The van der Waals surface area contributed by atoms with Gasteiger partial charge in [0.1, 0.15) is 5.84 Å². The Bertz CT molecular complexity index is 522. The largest absolute Gasteiger partial charge is 0.363 e. The topological polar surface area (TPSA) is 44.7 Å². The number of nitrogens with zero attached hydrogens (tertiary/aromatic N) is 2. The second-order valence-electron chi connectivity index (χ2n) is 4.23.